The first-order chi connectivity index (χ1) is 8.31. The minimum absolute atomic E-state index is 0.702. The monoisotopic (exact) mass is 241 g/mol. The van der Waals surface area contributed by atoms with Crippen molar-refractivity contribution in [2.24, 2.45) is 0 Å². The Bertz CT molecular complexity index is 552. The van der Waals surface area contributed by atoms with E-state index in [1.165, 1.54) is 10.8 Å². The smallest absolute Gasteiger partial charge is 0.0502 e. The maximum absolute atomic E-state index is 5.23. The van der Waals surface area contributed by atoms with Gasteiger partial charge in [-0.2, -0.15) is 0 Å². The maximum Gasteiger partial charge on any atom is 0.0502 e. The van der Waals surface area contributed by atoms with Crippen LogP contribution in [0.3, 0.4) is 0 Å². The Morgan fingerprint density at radius 3 is 2.76 bits per heavy atom. The van der Waals surface area contributed by atoms with E-state index in [2.05, 4.69) is 47.8 Å². The number of allylic oxidation sites excluding steroid dienone is 1. The summed E-state index contributed by atoms with van der Waals surface area (Å²) in [4.78, 5) is 0.917. The summed E-state index contributed by atoms with van der Waals surface area (Å²) in [5.74, 6) is 0. The molecule has 0 aliphatic carbocycles. The molecule has 0 saturated carbocycles. The lowest BCUT2D eigenvalue weighted by Gasteiger charge is -2.09. The summed E-state index contributed by atoms with van der Waals surface area (Å²) in [6, 6.07) is 14.6. The van der Waals surface area contributed by atoms with Crippen LogP contribution in [-0.4, -0.2) is 11.4 Å². The molecule has 0 radical (unpaired) electrons. The summed E-state index contributed by atoms with van der Waals surface area (Å²) in [7, 11) is 0. The predicted molar refractivity (Wildman–Crippen MR) is 79.8 cm³/mol. The number of nitrogens with one attached hydrogen (secondary N) is 1. The molecule has 0 atom stereocenters. The van der Waals surface area contributed by atoms with Gasteiger partial charge in [0.15, 0.2) is 0 Å². The molecule has 1 N–H and O–H groups in total. The molecule has 86 valence electrons. The quantitative estimate of drug-likeness (QED) is 0.636. The Balaban J connectivity index is 2.21. The van der Waals surface area contributed by atoms with Crippen LogP contribution < -0.4 is 5.32 Å². The summed E-state index contributed by atoms with van der Waals surface area (Å²) in [5.41, 5.74) is 1.13. The van der Waals surface area contributed by atoms with E-state index in [-0.39, 0.29) is 0 Å². The lowest BCUT2D eigenvalue weighted by Crippen LogP contribution is -2.09. The third-order valence-corrected chi connectivity index (χ3v) is 2.88. The molecule has 0 fully saturated rings. The van der Waals surface area contributed by atoms with E-state index >= 15 is 0 Å². The van der Waals surface area contributed by atoms with Crippen LogP contribution in [0.2, 0.25) is 0 Å². The van der Waals surface area contributed by atoms with Gasteiger partial charge in [-0.15, -0.1) is 0 Å². The van der Waals surface area contributed by atoms with Crippen molar-refractivity contribution >= 4 is 33.5 Å². The molecule has 0 aliphatic rings. The Labute approximate surface area is 107 Å². The highest BCUT2D eigenvalue weighted by Crippen LogP contribution is 2.22. The zero-order valence-corrected chi connectivity index (χ0v) is 10.6. The molecule has 2 aromatic carbocycles. The molecule has 0 saturated heterocycles. The first kappa shape index (κ1) is 11.8. The molecule has 0 aromatic heterocycles. The second-order valence-electron chi connectivity index (χ2n) is 3.85. The van der Waals surface area contributed by atoms with E-state index in [9.17, 15) is 0 Å². The van der Waals surface area contributed by atoms with Crippen molar-refractivity contribution in [3.63, 3.8) is 0 Å². The highest BCUT2D eigenvalue weighted by atomic mass is 32.1. The summed E-state index contributed by atoms with van der Waals surface area (Å²) < 4.78 is 0. The van der Waals surface area contributed by atoms with Gasteiger partial charge in [0.05, 0.1) is 6.54 Å². The van der Waals surface area contributed by atoms with Crippen molar-refractivity contribution in [3.8, 4) is 0 Å². The Hall–Kier alpha value is -1.67. The molecule has 0 spiro atoms. The van der Waals surface area contributed by atoms with E-state index in [4.69, 9.17) is 12.2 Å². The van der Waals surface area contributed by atoms with Gasteiger partial charge in [0.1, 0.15) is 0 Å². The van der Waals surface area contributed by atoms with E-state index in [1.807, 2.05) is 19.1 Å². The Morgan fingerprint density at radius 1 is 1.18 bits per heavy atom. The number of benzene rings is 2. The third-order valence-electron chi connectivity index (χ3n) is 2.60. The van der Waals surface area contributed by atoms with Gasteiger partial charge in [-0.25, -0.2) is 0 Å². The molecule has 0 unspecified atom stereocenters. The van der Waals surface area contributed by atoms with Gasteiger partial charge in [-0.1, -0.05) is 60.8 Å². The second-order valence-corrected chi connectivity index (χ2v) is 4.37. The van der Waals surface area contributed by atoms with Gasteiger partial charge < -0.3 is 5.32 Å². The Morgan fingerprint density at radius 2 is 1.94 bits per heavy atom. The van der Waals surface area contributed by atoms with Crippen LogP contribution in [0.1, 0.15) is 6.92 Å². The number of hydrogen-bond acceptors (Lipinski definition) is 2. The normalized spacial score (nSPS) is 10.9. The highest BCUT2D eigenvalue weighted by Gasteiger charge is 1.99. The third kappa shape index (κ3) is 2.92. The predicted octanol–water partition coefficient (Wildman–Crippen LogP) is 4.20. The molecule has 2 aromatic rings. The molecule has 0 aliphatic heterocycles. The number of anilines is 1. The molecule has 0 amide bonds. The standard InChI is InChI=1S/C15H15NS/c1-2-6-13(17)11-16-15-10-5-8-12-7-3-4-9-14(12)15/h2-10,16H,11H2,1H3/b6-2+. The maximum atomic E-state index is 5.23. The minimum Gasteiger partial charge on any atom is -0.380 e. The van der Waals surface area contributed by atoms with Gasteiger partial charge in [0.2, 0.25) is 0 Å². The van der Waals surface area contributed by atoms with Crippen molar-refractivity contribution < 1.29 is 0 Å². The van der Waals surface area contributed by atoms with Gasteiger partial charge in [0.25, 0.3) is 0 Å². The molecular formula is C15H15NS. The molecule has 17 heavy (non-hydrogen) atoms. The minimum atomic E-state index is 0.702. The molecule has 2 heteroatoms. The first-order valence-electron chi connectivity index (χ1n) is 5.68. The van der Waals surface area contributed by atoms with Gasteiger partial charge in [0, 0.05) is 15.9 Å². The highest BCUT2D eigenvalue weighted by molar-refractivity contribution is 7.80. The molecule has 0 heterocycles. The van der Waals surface area contributed by atoms with Crippen molar-refractivity contribution in [2.45, 2.75) is 6.92 Å². The summed E-state index contributed by atoms with van der Waals surface area (Å²) in [6.45, 7) is 2.68. The van der Waals surface area contributed by atoms with E-state index < -0.39 is 0 Å². The molecule has 1 nitrogen and oxygen atoms in total. The second kappa shape index (κ2) is 5.60. The number of thiocarbonyl (C=S) groups is 1. The van der Waals surface area contributed by atoms with Crippen LogP contribution in [0.4, 0.5) is 5.69 Å². The van der Waals surface area contributed by atoms with Gasteiger partial charge in [-0.05, 0) is 18.4 Å². The van der Waals surface area contributed by atoms with Crippen molar-refractivity contribution in [3.05, 3.63) is 54.6 Å². The van der Waals surface area contributed by atoms with Crippen molar-refractivity contribution in [2.75, 3.05) is 11.9 Å². The largest absolute Gasteiger partial charge is 0.380 e. The van der Waals surface area contributed by atoms with Gasteiger partial charge in [-0.3, -0.25) is 0 Å². The zero-order valence-electron chi connectivity index (χ0n) is 9.81. The summed E-state index contributed by atoms with van der Waals surface area (Å²) in [6.07, 6.45) is 3.92. The molecule has 2 rings (SSSR count). The fraction of sp³-hybridized carbons (Fsp3) is 0.133. The number of fused-ring (bicyclic) bond motifs is 1. The molecule has 0 bridgehead atoms. The topological polar surface area (TPSA) is 12.0 Å². The number of hydrogen-bond donors (Lipinski definition) is 1. The lowest BCUT2D eigenvalue weighted by atomic mass is 10.1. The van der Waals surface area contributed by atoms with Crippen LogP contribution in [0, 0.1) is 0 Å². The zero-order chi connectivity index (χ0) is 12.1. The summed E-state index contributed by atoms with van der Waals surface area (Å²) >= 11 is 5.23. The van der Waals surface area contributed by atoms with Crippen LogP contribution >= 0.6 is 12.2 Å². The fourth-order valence-corrected chi connectivity index (χ4v) is 2.01. The average Bonchev–Trinajstić information content (AvgIpc) is 2.36. The van der Waals surface area contributed by atoms with Crippen molar-refractivity contribution in [1.82, 2.24) is 0 Å². The van der Waals surface area contributed by atoms with E-state index in [0.717, 1.165) is 10.6 Å². The van der Waals surface area contributed by atoms with Gasteiger partial charge >= 0.3 is 0 Å². The van der Waals surface area contributed by atoms with E-state index in [1.54, 1.807) is 0 Å². The lowest BCUT2D eigenvalue weighted by molar-refractivity contribution is 1.43. The number of rotatable bonds is 4. The van der Waals surface area contributed by atoms with E-state index in [0.29, 0.717) is 6.54 Å². The van der Waals surface area contributed by atoms with Crippen LogP contribution in [0.15, 0.2) is 54.6 Å². The average molecular weight is 241 g/mol. The summed E-state index contributed by atoms with van der Waals surface area (Å²) in [5, 5.41) is 5.86. The molecular weight excluding hydrogens is 226 g/mol. The first-order valence-corrected chi connectivity index (χ1v) is 6.09. The van der Waals surface area contributed by atoms with Crippen molar-refractivity contribution in [1.29, 1.82) is 0 Å². The Kier molecular flexibility index (Phi) is 3.89. The van der Waals surface area contributed by atoms with Crippen LogP contribution in [-0.2, 0) is 0 Å². The van der Waals surface area contributed by atoms with Crippen LogP contribution in [0.5, 0.6) is 0 Å². The fourth-order valence-electron chi connectivity index (χ4n) is 1.81. The van der Waals surface area contributed by atoms with Crippen LogP contribution in [0.25, 0.3) is 10.8 Å². The SMILES string of the molecule is C/C=C/C(=S)CNc1cccc2ccccc12.